The van der Waals surface area contributed by atoms with Crippen LogP contribution in [0.2, 0.25) is 0 Å². The number of ether oxygens (including phenoxy) is 1. The molecular weight excluding hydrogens is 383 g/mol. The highest BCUT2D eigenvalue weighted by atomic mass is 19.4. The number of piperidine rings is 1. The summed E-state index contributed by atoms with van der Waals surface area (Å²) < 4.78 is 43.8. The molecule has 0 unspecified atom stereocenters. The summed E-state index contributed by atoms with van der Waals surface area (Å²) in [6.45, 7) is 6.24. The molecule has 1 saturated heterocycles. The molecule has 0 atom stereocenters. The van der Waals surface area contributed by atoms with E-state index in [0.29, 0.717) is 37.1 Å². The number of alkyl halides is 3. The Balaban J connectivity index is 1.59. The number of carbonyl (C=O) groups is 1. The quantitative estimate of drug-likeness (QED) is 0.718. The topological polar surface area (TPSA) is 57.4 Å². The third kappa shape index (κ3) is 5.65. The molecule has 1 fully saturated rings. The van der Waals surface area contributed by atoms with Crippen LogP contribution < -0.4 is 10.1 Å². The van der Waals surface area contributed by atoms with Crippen LogP contribution in [0.4, 0.5) is 18.9 Å². The number of amides is 1. The van der Waals surface area contributed by atoms with Crippen LogP contribution in [0.25, 0.3) is 10.9 Å². The summed E-state index contributed by atoms with van der Waals surface area (Å²) in [5, 5.41) is 3.66. The summed E-state index contributed by atoms with van der Waals surface area (Å²) in [4.78, 5) is 15.9. The van der Waals surface area contributed by atoms with E-state index in [1.54, 1.807) is 6.20 Å². The number of benzene rings is 1. The standard InChI is InChI=1S/C21H28F3N3O2/c1-14(28)26-19-11-25-18-5-4-16(10-17(18)19)29-13-20(2,3)15-6-8-27(9-7-15)12-21(22,23)24/h4-5,10-11,15,25H,6-9,12-13H2,1-3H3,(H,26,28). The summed E-state index contributed by atoms with van der Waals surface area (Å²) in [5.41, 5.74) is 1.45. The predicted octanol–water partition coefficient (Wildman–Crippen LogP) is 4.81. The number of nitrogens with one attached hydrogen (secondary N) is 2. The van der Waals surface area contributed by atoms with E-state index in [1.165, 1.54) is 11.8 Å². The van der Waals surface area contributed by atoms with E-state index in [-0.39, 0.29) is 11.3 Å². The number of hydrogen-bond donors (Lipinski definition) is 2. The van der Waals surface area contributed by atoms with Gasteiger partial charge in [-0.3, -0.25) is 9.69 Å². The van der Waals surface area contributed by atoms with E-state index in [4.69, 9.17) is 4.74 Å². The van der Waals surface area contributed by atoms with Crippen LogP contribution in [-0.4, -0.2) is 48.2 Å². The van der Waals surface area contributed by atoms with Crippen LogP contribution in [0.1, 0.15) is 33.6 Å². The van der Waals surface area contributed by atoms with Gasteiger partial charge >= 0.3 is 6.18 Å². The Morgan fingerprint density at radius 1 is 1.28 bits per heavy atom. The molecule has 29 heavy (non-hydrogen) atoms. The summed E-state index contributed by atoms with van der Waals surface area (Å²) in [7, 11) is 0. The summed E-state index contributed by atoms with van der Waals surface area (Å²) in [6, 6.07) is 5.66. The fourth-order valence-corrected chi connectivity index (χ4v) is 4.00. The van der Waals surface area contributed by atoms with Crippen molar-refractivity contribution in [1.82, 2.24) is 9.88 Å². The zero-order valence-corrected chi connectivity index (χ0v) is 17.0. The lowest BCUT2D eigenvalue weighted by molar-refractivity contribution is -0.150. The van der Waals surface area contributed by atoms with Gasteiger partial charge in [0.05, 0.1) is 18.8 Å². The molecule has 1 aliphatic rings. The number of nitrogens with zero attached hydrogens (tertiary/aromatic N) is 1. The lowest BCUT2D eigenvalue weighted by Gasteiger charge is -2.40. The van der Waals surface area contributed by atoms with E-state index in [2.05, 4.69) is 24.1 Å². The zero-order chi connectivity index (χ0) is 21.2. The van der Waals surface area contributed by atoms with Gasteiger partial charge in [-0.2, -0.15) is 13.2 Å². The minimum Gasteiger partial charge on any atom is -0.493 e. The van der Waals surface area contributed by atoms with Crippen LogP contribution in [0, 0.1) is 11.3 Å². The Morgan fingerprint density at radius 2 is 1.97 bits per heavy atom. The third-order valence-corrected chi connectivity index (χ3v) is 5.67. The smallest absolute Gasteiger partial charge is 0.401 e. The normalized spacial score (nSPS) is 16.9. The number of rotatable bonds is 6. The summed E-state index contributed by atoms with van der Waals surface area (Å²) in [5.74, 6) is 0.861. The van der Waals surface area contributed by atoms with Gasteiger partial charge in [0.2, 0.25) is 5.91 Å². The molecule has 0 spiro atoms. The van der Waals surface area contributed by atoms with Crippen LogP contribution in [-0.2, 0) is 4.79 Å². The van der Waals surface area contributed by atoms with Crippen molar-refractivity contribution in [3.05, 3.63) is 24.4 Å². The van der Waals surface area contributed by atoms with Crippen molar-refractivity contribution in [2.75, 3.05) is 31.6 Å². The van der Waals surface area contributed by atoms with E-state index in [9.17, 15) is 18.0 Å². The number of H-pyrrole nitrogens is 1. The van der Waals surface area contributed by atoms with E-state index >= 15 is 0 Å². The summed E-state index contributed by atoms with van der Waals surface area (Å²) in [6.07, 6.45) is -0.932. The van der Waals surface area contributed by atoms with E-state index in [1.807, 2.05) is 18.2 Å². The second-order valence-corrected chi connectivity index (χ2v) is 8.53. The first-order chi connectivity index (χ1) is 13.5. The maximum absolute atomic E-state index is 12.6. The van der Waals surface area contributed by atoms with Gasteiger partial charge in [0.25, 0.3) is 0 Å². The average Bonchev–Trinajstić information content (AvgIpc) is 3.01. The predicted molar refractivity (Wildman–Crippen MR) is 107 cm³/mol. The largest absolute Gasteiger partial charge is 0.493 e. The molecule has 160 valence electrons. The number of likely N-dealkylation sites (tertiary alicyclic amines) is 1. The van der Waals surface area contributed by atoms with Crippen LogP contribution in [0.15, 0.2) is 24.4 Å². The molecule has 1 aromatic heterocycles. The Hall–Kier alpha value is -2.22. The van der Waals surface area contributed by atoms with Crippen LogP contribution >= 0.6 is 0 Å². The molecule has 0 radical (unpaired) electrons. The second kappa shape index (κ2) is 8.26. The Labute approximate surface area is 168 Å². The van der Waals surface area contributed by atoms with Crippen molar-refractivity contribution in [1.29, 1.82) is 0 Å². The molecule has 2 N–H and O–H groups in total. The number of fused-ring (bicyclic) bond motifs is 1. The lowest BCUT2D eigenvalue weighted by Crippen LogP contribution is -2.44. The molecule has 0 saturated carbocycles. The molecule has 2 heterocycles. The number of carbonyl (C=O) groups excluding carboxylic acids is 1. The van der Waals surface area contributed by atoms with Gasteiger partial charge in [0.1, 0.15) is 5.75 Å². The number of aromatic nitrogens is 1. The highest BCUT2D eigenvalue weighted by molar-refractivity contribution is 6.01. The molecule has 0 aliphatic carbocycles. The molecule has 1 aliphatic heterocycles. The van der Waals surface area contributed by atoms with Crippen LogP contribution in [0.5, 0.6) is 5.75 Å². The van der Waals surface area contributed by atoms with Crippen molar-refractivity contribution in [2.45, 2.75) is 39.8 Å². The zero-order valence-electron chi connectivity index (χ0n) is 17.0. The molecule has 1 amide bonds. The van der Waals surface area contributed by atoms with Gasteiger partial charge in [-0.1, -0.05) is 13.8 Å². The Kier molecular flexibility index (Phi) is 6.12. The van der Waals surface area contributed by atoms with Crippen molar-refractivity contribution >= 4 is 22.5 Å². The molecular formula is C21H28F3N3O2. The fourth-order valence-electron chi connectivity index (χ4n) is 4.00. The molecule has 0 bridgehead atoms. The Morgan fingerprint density at radius 3 is 2.59 bits per heavy atom. The van der Waals surface area contributed by atoms with Crippen molar-refractivity contribution in [2.24, 2.45) is 11.3 Å². The molecule has 3 rings (SSSR count). The molecule has 5 nitrogen and oxygen atoms in total. The maximum Gasteiger partial charge on any atom is 0.401 e. The first kappa shape index (κ1) is 21.5. The first-order valence-corrected chi connectivity index (χ1v) is 9.84. The lowest BCUT2D eigenvalue weighted by atomic mass is 9.74. The number of anilines is 1. The van der Waals surface area contributed by atoms with Gasteiger partial charge in [0, 0.05) is 29.4 Å². The SMILES string of the molecule is CC(=O)Nc1c[nH]c2ccc(OCC(C)(C)C3CCN(CC(F)(F)F)CC3)cc12. The average molecular weight is 411 g/mol. The fraction of sp³-hybridized carbons (Fsp3) is 0.571. The van der Waals surface area contributed by atoms with Gasteiger partial charge in [-0.25, -0.2) is 0 Å². The van der Waals surface area contributed by atoms with Gasteiger partial charge in [-0.05, 0) is 50.0 Å². The first-order valence-electron chi connectivity index (χ1n) is 9.84. The molecule has 2 aromatic rings. The minimum absolute atomic E-state index is 0.143. The second-order valence-electron chi connectivity index (χ2n) is 8.53. The van der Waals surface area contributed by atoms with Gasteiger partial charge in [-0.15, -0.1) is 0 Å². The van der Waals surface area contributed by atoms with Crippen LogP contribution in [0.3, 0.4) is 0 Å². The van der Waals surface area contributed by atoms with E-state index in [0.717, 1.165) is 23.7 Å². The number of halogens is 3. The number of hydrogen-bond acceptors (Lipinski definition) is 3. The highest BCUT2D eigenvalue weighted by Gasteiger charge is 2.37. The van der Waals surface area contributed by atoms with Gasteiger partial charge < -0.3 is 15.0 Å². The van der Waals surface area contributed by atoms with Gasteiger partial charge in [0.15, 0.2) is 0 Å². The maximum atomic E-state index is 12.6. The number of aromatic amines is 1. The molecule has 8 heteroatoms. The van der Waals surface area contributed by atoms with E-state index < -0.39 is 12.7 Å². The van der Waals surface area contributed by atoms with Crippen molar-refractivity contribution in [3.63, 3.8) is 0 Å². The minimum atomic E-state index is -4.14. The van der Waals surface area contributed by atoms with Crippen molar-refractivity contribution in [3.8, 4) is 5.75 Å². The summed E-state index contributed by atoms with van der Waals surface area (Å²) >= 11 is 0. The highest BCUT2D eigenvalue weighted by Crippen LogP contribution is 2.37. The monoisotopic (exact) mass is 411 g/mol. The Bertz CT molecular complexity index is 852. The molecule has 1 aromatic carbocycles. The van der Waals surface area contributed by atoms with Crippen molar-refractivity contribution < 1.29 is 22.7 Å². The third-order valence-electron chi connectivity index (χ3n) is 5.67.